The van der Waals surface area contributed by atoms with Gasteiger partial charge in [0, 0.05) is 44.0 Å². The standard InChI is InChI=1S/C18H21FN4O4S.ClH/c1-10-5-12(3-4-13(10)19)21-18(24)16-17-15(8-23(16)2)28(25,26)22-14-7-20-6-11(14)9-27-17;/h3-5,8,11,14,20,22H,6-7,9H2,1-2H3,(H,21,24);1H. The largest absolute Gasteiger partial charge is 0.489 e. The summed E-state index contributed by atoms with van der Waals surface area (Å²) in [6.07, 6.45) is 1.37. The highest BCUT2D eigenvalue weighted by Crippen LogP contribution is 2.33. The highest BCUT2D eigenvalue weighted by Gasteiger charge is 2.38. The van der Waals surface area contributed by atoms with Crippen LogP contribution >= 0.6 is 12.4 Å². The second-order valence-electron chi connectivity index (χ2n) is 7.16. The van der Waals surface area contributed by atoms with E-state index in [4.69, 9.17) is 4.74 Å². The van der Waals surface area contributed by atoms with E-state index in [0.29, 0.717) is 24.3 Å². The Morgan fingerprint density at radius 3 is 2.83 bits per heavy atom. The highest BCUT2D eigenvalue weighted by molar-refractivity contribution is 7.89. The van der Waals surface area contributed by atoms with Crippen molar-refractivity contribution >= 4 is 34.0 Å². The second-order valence-corrected chi connectivity index (χ2v) is 8.84. The molecule has 2 aliphatic rings. The Hall–Kier alpha value is -2.14. The van der Waals surface area contributed by atoms with Crippen LogP contribution in [0.3, 0.4) is 0 Å². The molecular formula is C18H22ClFN4O4S. The SMILES string of the molecule is Cc1cc(NC(=O)c2c3c(cn2C)S(=O)(=O)NC2CNCC2CO3)ccc1F.Cl. The number of sulfonamides is 1. The third kappa shape index (κ3) is 3.97. The molecule has 1 aromatic carbocycles. The molecule has 158 valence electrons. The number of rotatable bonds is 2. The number of nitrogens with zero attached hydrogens (tertiary/aromatic N) is 1. The third-order valence-electron chi connectivity index (χ3n) is 5.11. The first-order chi connectivity index (χ1) is 13.3. The zero-order valence-electron chi connectivity index (χ0n) is 15.9. The number of hydrogen-bond acceptors (Lipinski definition) is 5. The van der Waals surface area contributed by atoms with Gasteiger partial charge in [0.15, 0.2) is 11.4 Å². The molecule has 1 aromatic heterocycles. The Balaban J connectivity index is 0.00000240. The molecule has 2 aliphatic heterocycles. The molecule has 3 N–H and O–H groups in total. The van der Waals surface area contributed by atoms with Crippen LogP contribution in [0.15, 0.2) is 29.3 Å². The summed E-state index contributed by atoms with van der Waals surface area (Å²) in [6, 6.07) is 3.96. The van der Waals surface area contributed by atoms with Gasteiger partial charge < -0.3 is 19.9 Å². The van der Waals surface area contributed by atoms with Crippen LogP contribution in [-0.4, -0.2) is 44.6 Å². The lowest BCUT2D eigenvalue weighted by Gasteiger charge is -2.24. The van der Waals surface area contributed by atoms with Gasteiger partial charge in [0.05, 0.1) is 6.61 Å². The number of fused-ring (bicyclic) bond motifs is 2. The summed E-state index contributed by atoms with van der Waals surface area (Å²) >= 11 is 0. The topological polar surface area (TPSA) is 101 Å². The van der Waals surface area contributed by atoms with Gasteiger partial charge in [-0.1, -0.05) is 0 Å². The molecule has 1 amide bonds. The fraction of sp³-hybridized carbons (Fsp3) is 0.389. The molecule has 0 bridgehead atoms. The summed E-state index contributed by atoms with van der Waals surface area (Å²) in [5, 5.41) is 5.82. The van der Waals surface area contributed by atoms with Crippen molar-refractivity contribution in [2.45, 2.75) is 17.9 Å². The zero-order valence-corrected chi connectivity index (χ0v) is 17.5. The van der Waals surface area contributed by atoms with Crippen LogP contribution in [0.4, 0.5) is 10.1 Å². The van der Waals surface area contributed by atoms with E-state index < -0.39 is 15.9 Å². The van der Waals surface area contributed by atoms with Gasteiger partial charge in [-0.3, -0.25) is 4.79 Å². The second kappa shape index (κ2) is 7.94. The first-order valence-corrected chi connectivity index (χ1v) is 10.4. The molecule has 2 unspecified atom stereocenters. The highest BCUT2D eigenvalue weighted by atomic mass is 35.5. The van der Waals surface area contributed by atoms with E-state index in [1.165, 1.54) is 29.0 Å². The van der Waals surface area contributed by atoms with Gasteiger partial charge in [0.1, 0.15) is 10.7 Å². The Morgan fingerprint density at radius 2 is 2.10 bits per heavy atom. The average molecular weight is 445 g/mol. The van der Waals surface area contributed by atoms with Crippen molar-refractivity contribution in [3.63, 3.8) is 0 Å². The molecule has 11 heteroatoms. The van der Waals surface area contributed by atoms with E-state index in [0.717, 1.165) is 0 Å². The number of aryl methyl sites for hydroxylation is 2. The normalized spacial score (nSPS) is 22.3. The molecule has 4 rings (SSSR count). The predicted molar refractivity (Wildman–Crippen MR) is 108 cm³/mol. The first-order valence-electron chi connectivity index (χ1n) is 8.89. The Bertz CT molecular complexity index is 1060. The number of hydrogen-bond donors (Lipinski definition) is 3. The van der Waals surface area contributed by atoms with E-state index in [1.54, 1.807) is 14.0 Å². The number of benzene rings is 1. The number of carbonyl (C=O) groups excluding carboxylic acids is 1. The molecule has 8 nitrogen and oxygen atoms in total. The Kier molecular flexibility index (Phi) is 5.91. The van der Waals surface area contributed by atoms with Crippen LogP contribution < -0.4 is 20.1 Å². The maximum absolute atomic E-state index is 13.5. The summed E-state index contributed by atoms with van der Waals surface area (Å²) in [6.45, 7) is 3.04. The van der Waals surface area contributed by atoms with Crippen LogP contribution in [0.2, 0.25) is 0 Å². The molecule has 2 atom stereocenters. The smallest absolute Gasteiger partial charge is 0.276 e. The van der Waals surface area contributed by atoms with Crippen molar-refractivity contribution < 1.29 is 22.3 Å². The minimum absolute atomic E-state index is 0. The van der Waals surface area contributed by atoms with Crippen molar-refractivity contribution in [2.75, 3.05) is 25.0 Å². The van der Waals surface area contributed by atoms with E-state index in [2.05, 4.69) is 15.4 Å². The number of amides is 1. The van der Waals surface area contributed by atoms with E-state index in [9.17, 15) is 17.6 Å². The maximum Gasteiger partial charge on any atom is 0.276 e. The average Bonchev–Trinajstić information content (AvgIpc) is 3.18. The van der Waals surface area contributed by atoms with Gasteiger partial charge in [0.25, 0.3) is 5.91 Å². The fourth-order valence-corrected chi connectivity index (χ4v) is 5.08. The lowest BCUT2D eigenvalue weighted by molar-refractivity contribution is 0.101. The molecule has 1 saturated heterocycles. The van der Waals surface area contributed by atoms with E-state index in [-0.39, 0.29) is 53.1 Å². The number of carbonyl (C=O) groups is 1. The summed E-state index contributed by atoms with van der Waals surface area (Å²) < 4.78 is 49.0. The van der Waals surface area contributed by atoms with Gasteiger partial charge in [0.2, 0.25) is 10.0 Å². The molecule has 29 heavy (non-hydrogen) atoms. The van der Waals surface area contributed by atoms with Crippen molar-refractivity contribution in [1.29, 1.82) is 0 Å². The summed E-state index contributed by atoms with van der Waals surface area (Å²) in [7, 11) is -2.26. The lowest BCUT2D eigenvalue weighted by atomic mass is 10.1. The fourth-order valence-electron chi connectivity index (χ4n) is 3.58. The van der Waals surface area contributed by atoms with Gasteiger partial charge in [-0.15, -0.1) is 12.4 Å². The maximum atomic E-state index is 13.5. The monoisotopic (exact) mass is 444 g/mol. The zero-order chi connectivity index (χ0) is 20.1. The molecule has 0 aliphatic carbocycles. The summed E-state index contributed by atoms with van der Waals surface area (Å²) in [5.41, 5.74) is 0.889. The number of halogens is 2. The van der Waals surface area contributed by atoms with E-state index >= 15 is 0 Å². The Morgan fingerprint density at radius 1 is 1.34 bits per heavy atom. The molecule has 3 heterocycles. The number of aromatic nitrogens is 1. The van der Waals surface area contributed by atoms with Crippen LogP contribution in [-0.2, 0) is 17.1 Å². The Labute approximate surface area is 174 Å². The van der Waals surface area contributed by atoms with Gasteiger partial charge in [-0.2, -0.15) is 0 Å². The molecule has 1 fully saturated rings. The summed E-state index contributed by atoms with van der Waals surface area (Å²) in [4.78, 5) is 12.8. The van der Waals surface area contributed by atoms with Crippen LogP contribution in [0, 0.1) is 18.7 Å². The van der Waals surface area contributed by atoms with E-state index in [1.807, 2.05) is 0 Å². The number of ether oxygens (including phenoxy) is 1. The first kappa shape index (κ1) is 21.6. The van der Waals surface area contributed by atoms with Crippen molar-refractivity contribution in [1.82, 2.24) is 14.6 Å². The van der Waals surface area contributed by atoms with Gasteiger partial charge >= 0.3 is 0 Å². The van der Waals surface area contributed by atoms with Gasteiger partial charge in [-0.25, -0.2) is 17.5 Å². The van der Waals surface area contributed by atoms with Crippen molar-refractivity contribution in [3.05, 3.63) is 41.5 Å². The number of anilines is 1. The molecular weight excluding hydrogens is 423 g/mol. The third-order valence-corrected chi connectivity index (χ3v) is 6.59. The molecule has 0 spiro atoms. The molecule has 0 radical (unpaired) electrons. The molecule has 2 aromatic rings. The van der Waals surface area contributed by atoms with Gasteiger partial charge in [-0.05, 0) is 30.7 Å². The van der Waals surface area contributed by atoms with Crippen LogP contribution in [0.1, 0.15) is 16.1 Å². The minimum atomic E-state index is -3.84. The van der Waals surface area contributed by atoms with Crippen LogP contribution in [0.5, 0.6) is 5.75 Å². The lowest BCUT2D eigenvalue weighted by Crippen LogP contribution is -2.43. The summed E-state index contributed by atoms with van der Waals surface area (Å²) in [5.74, 6) is -0.913. The minimum Gasteiger partial charge on any atom is -0.489 e. The molecule has 0 saturated carbocycles. The van der Waals surface area contributed by atoms with Crippen molar-refractivity contribution in [3.8, 4) is 5.75 Å². The predicted octanol–water partition coefficient (Wildman–Crippen LogP) is 1.41. The van der Waals surface area contributed by atoms with Crippen LogP contribution in [0.25, 0.3) is 0 Å². The quantitative estimate of drug-likeness (QED) is 0.650. The van der Waals surface area contributed by atoms with Crippen molar-refractivity contribution in [2.24, 2.45) is 13.0 Å². The number of nitrogens with one attached hydrogen (secondary N) is 3.